The maximum Gasteiger partial charge on any atom is 0.292 e. The third-order valence-corrected chi connectivity index (χ3v) is 2.68. The fraction of sp³-hybridized carbons (Fsp3) is 0.364. The van der Waals surface area contributed by atoms with Crippen molar-refractivity contribution in [3.63, 3.8) is 0 Å². The Hall–Kier alpha value is -2.11. The minimum Gasteiger partial charge on any atom is -0.380 e. The van der Waals surface area contributed by atoms with Gasteiger partial charge in [-0.3, -0.25) is 14.9 Å². The molecule has 17 heavy (non-hydrogen) atoms. The molecule has 0 saturated heterocycles. The molecule has 6 heteroatoms. The molecule has 0 unspecified atom stereocenters. The Labute approximate surface area is 98.2 Å². The van der Waals surface area contributed by atoms with E-state index in [0.717, 1.165) is 5.56 Å². The SMILES string of the molecule is CCNc1cc2c(cc1[N+](=O)[O-])CCC(=O)N2. The van der Waals surface area contributed by atoms with Gasteiger partial charge in [-0.1, -0.05) is 0 Å². The highest BCUT2D eigenvalue weighted by Crippen LogP contribution is 2.33. The quantitative estimate of drug-likeness (QED) is 0.619. The van der Waals surface area contributed by atoms with Crippen LogP contribution in [0.5, 0.6) is 0 Å². The monoisotopic (exact) mass is 235 g/mol. The number of nitrogens with zero attached hydrogens (tertiary/aromatic N) is 1. The molecule has 0 radical (unpaired) electrons. The molecule has 1 aromatic rings. The third-order valence-electron chi connectivity index (χ3n) is 2.68. The molecule has 2 N–H and O–H groups in total. The maximum absolute atomic E-state index is 11.2. The summed E-state index contributed by atoms with van der Waals surface area (Å²) in [6, 6.07) is 3.17. The van der Waals surface area contributed by atoms with Crippen molar-refractivity contribution in [3.8, 4) is 0 Å². The van der Waals surface area contributed by atoms with Crippen LogP contribution >= 0.6 is 0 Å². The van der Waals surface area contributed by atoms with Crippen LogP contribution < -0.4 is 10.6 Å². The molecular formula is C11H13N3O3. The lowest BCUT2D eigenvalue weighted by Gasteiger charge is -2.18. The predicted octanol–water partition coefficient (Wildman–Crippen LogP) is 1.91. The fourth-order valence-electron chi connectivity index (χ4n) is 1.90. The summed E-state index contributed by atoms with van der Waals surface area (Å²) in [5, 5.41) is 16.6. The lowest BCUT2D eigenvalue weighted by Crippen LogP contribution is -2.19. The van der Waals surface area contributed by atoms with E-state index in [2.05, 4.69) is 10.6 Å². The van der Waals surface area contributed by atoms with Crippen LogP contribution in [0.3, 0.4) is 0 Å². The van der Waals surface area contributed by atoms with Crippen LogP contribution in [-0.4, -0.2) is 17.4 Å². The van der Waals surface area contributed by atoms with Gasteiger partial charge in [-0.25, -0.2) is 0 Å². The molecule has 2 rings (SSSR count). The van der Waals surface area contributed by atoms with Gasteiger partial charge in [-0.2, -0.15) is 0 Å². The number of benzene rings is 1. The van der Waals surface area contributed by atoms with Crippen molar-refractivity contribution in [1.29, 1.82) is 0 Å². The second kappa shape index (κ2) is 4.40. The number of hydrogen-bond acceptors (Lipinski definition) is 4. The van der Waals surface area contributed by atoms with Crippen LogP contribution in [0.25, 0.3) is 0 Å². The Balaban J connectivity index is 2.47. The van der Waals surface area contributed by atoms with Crippen LogP contribution in [0.2, 0.25) is 0 Å². The van der Waals surface area contributed by atoms with E-state index in [1.165, 1.54) is 6.07 Å². The van der Waals surface area contributed by atoms with Crippen LogP contribution in [0, 0.1) is 10.1 Å². The number of nitro benzene ring substituents is 1. The van der Waals surface area contributed by atoms with Gasteiger partial charge in [0, 0.05) is 24.7 Å². The van der Waals surface area contributed by atoms with Gasteiger partial charge in [-0.05, 0) is 25.0 Å². The van der Waals surface area contributed by atoms with Crippen LogP contribution in [-0.2, 0) is 11.2 Å². The number of fused-ring (bicyclic) bond motifs is 1. The minimum absolute atomic E-state index is 0.0474. The summed E-state index contributed by atoms with van der Waals surface area (Å²) in [4.78, 5) is 21.8. The van der Waals surface area contributed by atoms with Crippen LogP contribution in [0.4, 0.5) is 17.1 Å². The highest BCUT2D eigenvalue weighted by atomic mass is 16.6. The summed E-state index contributed by atoms with van der Waals surface area (Å²) in [7, 11) is 0. The maximum atomic E-state index is 11.2. The highest BCUT2D eigenvalue weighted by molar-refractivity contribution is 5.95. The van der Waals surface area contributed by atoms with Crippen molar-refractivity contribution in [3.05, 3.63) is 27.8 Å². The first-order valence-corrected chi connectivity index (χ1v) is 5.47. The summed E-state index contributed by atoms with van der Waals surface area (Å²) in [5.41, 5.74) is 1.99. The van der Waals surface area contributed by atoms with Gasteiger partial charge in [-0.15, -0.1) is 0 Å². The van der Waals surface area contributed by atoms with Crippen molar-refractivity contribution < 1.29 is 9.72 Å². The minimum atomic E-state index is -0.408. The highest BCUT2D eigenvalue weighted by Gasteiger charge is 2.21. The molecule has 1 heterocycles. The second-order valence-electron chi connectivity index (χ2n) is 3.86. The molecule has 1 aromatic carbocycles. The fourth-order valence-corrected chi connectivity index (χ4v) is 1.90. The second-order valence-corrected chi connectivity index (χ2v) is 3.86. The Kier molecular flexibility index (Phi) is 2.95. The number of nitrogens with one attached hydrogen (secondary N) is 2. The number of aryl methyl sites for hydroxylation is 1. The number of carbonyl (C=O) groups excluding carboxylic acids is 1. The Morgan fingerprint density at radius 2 is 2.24 bits per heavy atom. The lowest BCUT2D eigenvalue weighted by molar-refractivity contribution is -0.384. The normalized spacial score (nSPS) is 13.8. The first-order chi connectivity index (χ1) is 8.11. The van der Waals surface area contributed by atoms with E-state index in [4.69, 9.17) is 0 Å². The molecule has 90 valence electrons. The van der Waals surface area contributed by atoms with Crippen LogP contribution in [0.15, 0.2) is 12.1 Å². The van der Waals surface area contributed by atoms with Gasteiger partial charge >= 0.3 is 0 Å². The van der Waals surface area contributed by atoms with Crippen molar-refractivity contribution in [2.24, 2.45) is 0 Å². The number of anilines is 2. The standard InChI is InChI=1S/C11H13N3O3/c1-2-12-9-6-8-7(3-4-11(15)13-8)5-10(9)14(16)17/h5-6,12H,2-4H2,1H3,(H,13,15). The van der Waals surface area contributed by atoms with Gasteiger partial charge in [0.05, 0.1) is 4.92 Å². The smallest absolute Gasteiger partial charge is 0.292 e. The van der Waals surface area contributed by atoms with E-state index in [9.17, 15) is 14.9 Å². The predicted molar refractivity (Wildman–Crippen MR) is 64.2 cm³/mol. The van der Waals surface area contributed by atoms with E-state index >= 15 is 0 Å². The molecule has 1 aliphatic rings. The topological polar surface area (TPSA) is 84.3 Å². The Morgan fingerprint density at radius 1 is 1.47 bits per heavy atom. The van der Waals surface area contributed by atoms with E-state index in [-0.39, 0.29) is 11.6 Å². The zero-order chi connectivity index (χ0) is 12.4. The molecule has 0 spiro atoms. The van der Waals surface area contributed by atoms with Gasteiger partial charge < -0.3 is 10.6 Å². The summed E-state index contributed by atoms with van der Waals surface area (Å²) < 4.78 is 0. The van der Waals surface area contributed by atoms with Crippen LogP contribution in [0.1, 0.15) is 18.9 Å². The zero-order valence-corrected chi connectivity index (χ0v) is 9.45. The van der Waals surface area contributed by atoms with Crippen molar-refractivity contribution in [2.45, 2.75) is 19.8 Å². The first-order valence-electron chi connectivity index (χ1n) is 5.47. The third kappa shape index (κ3) is 2.20. The summed E-state index contributed by atoms with van der Waals surface area (Å²) in [6.45, 7) is 2.45. The van der Waals surface area contributed by atoms with E-state index in [1.807, 2.05) is 6.92 Å². The molecule has 0 bridgehead atoms. The number of rotatable bonds is 3. The number of carbonyl (C=O) groups is 1. The average molecular weight is 235 g/mol. The molecule has 1 aliphatic heterocycles. The number of hydrogen-bond donors (Lipinski definition) is 2. The molecule has 1 amide bonds. The van der Waals surface area contributed by atoms with Crippen molar-refractivity contribution >= 4 is 23.0 Å². The summed E-state index contributed by atoms with van der Waals surface area (Å²) in [6.07, 6.45) is 0.930. The molecule has 0 aromatic heterocycles. The molecular weight excluding hydrogens is 222 g/mol. The Morgan fingerprint density at radius 3 is 2.88 bits per heavy atom. The molecule has 0 saturated carbocycles. The van der Waals surface area contributed by atoms with Gasteiger partial charge in [0.15, 0.2) is 0 Å². The molecule has 6 nitrogen and oxygen atoms in total. The van der Waals surface area contributed by atoms with Crippen molar-refractivity contribution in [1.82, 2.24) is 0 Å². The first kappa shape index (κ1) is 11.4. The average Bonchev–Trinajstić information content (AvgIpc) is 2.28. The number of amides is 1. The van der Waals surface area contributed by atoms with Gasteiger partial charge in [0.2, 0.25) is 5.91 Å². The number of nitro groups is 1. The summed E-state index contributed by atoms with van der Waals surface area (Å²) in [5.74, 6) is -0.0474. The van der Waals surface area contributed by atoms with Crippen molar-refractivity contribution in [2.75, 3.05) is 17.2 Å². The van der Waals surface area contributed by atoms with E-state index < -0.39 is 4.92 Å². The molecule has 0 aliphatic carbocycles. The molecule has 0 fully saturated rings. The van der Waals surface area contributed by atoms with E-state index in [0.29, 0.717) is 30.8 Å². The van der Waals surface area contributed by atoms with E-state index in [1.54, 1.807) is 6.07 Å². The molecule has 0 atom stereocenters. The summed E-state index contributed by atoms with van der Waals surface area (Å²) >= 11 is 0. The lowest BCUT2D eigenvalue weighted by atomic mass is 10.0. The zero-order valence-electron chi connectivity index (χ0n) is 9.45. The Bertz CT molecular complexity index is 485. The van der Waals surface area contributed by atoms with Gasteiger partial charge in [0.1, 0.15) is 5.69 Å². The largest absolute Gasteiger partial charge is 0.380 e. The van der Waals surface area contributed by atoms with Gasteiger partial charge in [0.25, 0.3) is 5.69 Å².